The lowest BCUT2D eigenvalue weighted by molar-refractivity contribution is 0.342. The molecule has 0 radical (unpaired) electrons. The van der Waals surface area contributed by atoms with Crippen molar-refractivity contribution in [3.8, 4) is 0 Å². The highest BCUT2D eigenvalue weighted by Gasteiger charge is 2.28. The number of aliphatic imine (C=N–C) groups is 1. The van der Waals surface area contributed by atoms with E-state index in [2.05, 4.69) is 11.1 Å². The molecule has 20 heavy (non-hydrogen) atoms. The lowest BCUT2D eigenvalue weighted by Gasteiger charge is -2.26. The Morgan fingerprint density at radius 3 is 3.00 bits per heavy atom. The summed E-state index contributed by atoms with van der Waals surface area (Å²) in [4.78, 5) is 7.47. The fraction of sp³-hybridized carbons (Fsp3) is 0.214. The molecule has 1 unspecified atom stereocenters. The van der Waals surface area contributed by atoms with Crippen LogP contribution in [-0.4, -0.2) is 17.4 Å². The van der Waals surface area contributed by atoms with Gasteiger partial charge in [0.1, 0.15) is 5.82 Å². The molecule has 0 aliphatic carbocycles. The van der Waals surface area contributed by atoms with Gasteiger partial charge in [-0.1, -0.05) is 23.7 Å². The normalized spacial score (nSPS) is 18.4. The monoisotopic (exact) mass is 309 g/mol. The molecule has 1 aromatic heterocycles. The summed E-state index contributed by atoms with van der Waals surface area (Å²) in [5.74, 6) is 0.0875. The van der Waals surface area contributed by atoms with E-state index in [-0.39, 0.29) is 11.1 Å². The predicted molar refractivity (Wildman–Crippen MR) is 80.5 cm³/mol. The largest absolute Gasteiger partial charge is 0.370 e. The molecule has 104 valence electrons. The second-order valence-corrected chi connectivity index (χ2v) is 6.03. The Labute approximate surface area is 125 Å². The maximum Gasteiger partial charge on any atom is 0.192 e. The molecule has 1 aromatic carbocycles. The number of halogens is 2. The van der Waals surface area contributed by atoms with Gasteiger partial charge in [-0.2, -0.15) is 0 Å². The van der Waals surface area contributed by atoms with Crippen LogP contribution in [0.15, 0.2) is 40.7 Å². The average molecular weight is 310 g/mol. The quantitative estimate of drug-likeness (QED) is 0.944. The van der Waals surface area contributed by atoms with Crippen LogP contribution in [0.2, 0.25) is 5.02 Å². The first kappa shape index (κ1) is 13.4. The molecule has 0 amide bonds. The third-order valence-electron chi connectivity index (χ3n) is 3.33. The molecule has 1 aliphatic heterocycles. The molecule has 1 aliphatic rings. The van der Waals surface area contributed by atoms with E-state index in [1.54, 1.807) is 17.4 Å². The Kier molecular flexibility index (Phi) is 3.63. The highest BCUT2D eigenvalue weighted by Crippen LogP contribution is 2.30. The predicted octanol–water partition coefficient (Wildman–Crippen LogP) is 3.41. The molecular weight excluding hydrogens is 297 g/mol. The van der Waals surface area contributed by atoms with E-state index in [0.717, 1.165) is 5.56 Å². The molecule has 2 N–H and O–H groups in total. The summed E-state index contributed by atoms with van der Waals surface area (Å²) in [7, 11) is 0. The number of hydrogen-bond acceptors (Lipinski definition) is 4. The zero-order valence-electron chi connectivity index (χ0n) is 10.6. The van der Waals surface area contributed by atoms with Gasteiger partial charge in [0.15, 0.2) is 5.96 Å². The highest BCUT2D eigenvalue weighted by molar-refractivity contribution is 7.09. The Morgan fingerprint density at radius 1 is 1.45 bits per heavy atom. The zero-order valence-corrected chi connectivity index (χ0v) is 12.2. The second kappa shape index (κ2) is 5.42. The van der Waals surface area contributed by atoms with E-state index in [1.807, 2.05) is 22.4 Å². The smallest absolute Gasteiger partial charge is 0.192 e. The first-order valence-corrected chi connectivity index (χ1v) is 7.45. The van der Waals surface area contributed by atoms with E-state index in [4.69, 9.17) is 17.3 Å². The van der Waals surface area contributed by atoms with Crippen LogP contribution in [0.3, 0.4) is 0 Å². The first-order chi connectivity index (χ1) is 9.65. The number of rotatable bonds is 3. The van der Waals surface area contributed by atoms with Gasteiger partial charge >= 0.3 is 0 Å². The van der Waals surface area contributed by atoms with Crippen molar-refractivity contribution in [3.05, 3.63) is 57.0 Å². The first-order valence-electron chi connectivity index (χ1n) is 6.19. The molecule has 0 fully saturated rings. The fourth-order valence-corrected chi connectivity index (χ4v) is 3.12. The van der Waals surface area contributed by atoms with Gasteiger partial charge in [0.2, 0.25) is 0 Å². The lowest BCUT2D eigenvalue weighted by atomic mass is 10.1. The maximum absolute atomic E-state index is 13.6. The Bertz CT molecular complexity index is 642. The van der Waals surface area contributed by atoms with Crippen LogP contribution in [0.25, 0.3) is 0 Å². The summed E-state index contributed by atoms with van der Waals surface area (Å²) in [5.41, 5.74) is 6.79. The molecule has 3 nitrogen and oxygen atoms in total. The van der Waals surface area contributed by atoms with Crippen molar-refractivity contribution in [2.24, 2.45) is 10.7 Å². The van der Waals surface area contributed by atoms with E-state index in [9.17, 15) is 4.39 Å². The van der Waals surface area contributed by atoms with E-state index >= 15 is 0 Å². The van der Waals surface area contributed by atoms with Gasteiger partial charge in [-0.05, 0) is 29.1 Å². The van der Waals surface area contributed by atoms with Crippen LogP contribution >= 0.6 is 22.9 Å². The van der Waals surface area contributed by atoms with Crippen LogP contribution in [0.4, 0.5) is 4.39 Å². The minimum absolute atomic E-state index is 0.0381. The van der Waals surface area contributed by atoms with Crippen LogP contribution in [0.5, 0.6) is 0 Å². The van der Waals surface area contributed by atoms with Crippen molar-refractivity contribution in [2.75, 3.05) is 6.54 Å². The third-order valence-corrected chi connectivity index (χ3v) is 4.50. The van der Waals surface area contributed by atoms with Crippen molar-refractivity contribution >= 4 is 28.9 Å². The second-order valence-electron chi connectivity index (χ2n) is 4.60. The van der Waals surface area contributed by atoms with E-state index < -0.39 is 5.82 Å². The van der Waals surface area contributed by atoms with Crippen molar-refractivity contribution in [1.82, 2.24) is 4.90 Å². The third kappa shape index (κ3) is 2.51. The van der Waals surface area contributed by atoms with Crippen molar-refractivity contribution in [1.29, 1.82) is 0 Å². The maximum atomic E-state index is 13.6. The standard InChI is InChI=1S/C14H13ClFN3S/c15-11-4-3-9(6-12(11)16)13-7-18-14(17)19(13)8-10-2-1-5-20-10/h1-6,13H,7-8H2,(H2,17,18). The minimum Gasteiger partial charge on any atom is -0.370 e. The van der Waals surface area contributed by atoms with Gasteiger partial charge in [0, 0.05) is 4.88 Å². The van der Waals surface area contributed by atoms with Crippen molar-refractivity contribution < 1.29 is 4.39 Å². The van der Waals surface area contributed by atoms with Gasteiger partial charge in [0.25, 0.3) is 0 Å². The summed E-state index contributed by atoms with van der Waals surface area (Å²) >= 11 is 7.39. The Morgan fingerprint density at radius 2 is 2.30 bits per heavy atom. The number of thiophene rings is 1. The SMILES string of the molecule is NC1=NCC(c2ccc(Cl)c(F)c2)N1Cc1cccs1. The summed E-state index contributed by atoms with van der Waals surface area (Å²) in [5, 5.41) is 2.15. The number of hydrogen-bond donors (Lipinski definition) is 1. The van der Waals surface area contributed by atoms with Gasteiger partial charge in [0.05, 0.1) is 24.2 Å². The molecule has 1 atom stereocenters. The molecule has 0 spiro atoms. The number of benzene rings is 1. The van der Waals surface area contributed by atoms with Gasteiger partial charge in [-0.3, -0.25) is 4.99 Å². The number of nitrogens with two attached hydrogens (primary N) is 1. The number of nitrogens with zero attached hydrogens (tertiary/aromatic N) is 2. The molecule has 0 saturated carbocycles. The molecule has 2 heterocycles. The van der Waals surface area contributed by atoms with Gasteiger partial charge in [-0.15, -0.1) is 11.3 Å². The topological polar surface area (TPSA) is 41.6 Å². The van der Waals surface area contributed by atoms with E-state index in [0.29, 0.717) is 19.0 Å². The molecule has 0 bridgehead atoms. The average Bonchev–Trinajstić information content (AvgIpc) is 3.05. The highest BCUT2D eigenvalue weighted by atomic mass is 35.5. The Balaban J connectivity index is 1.86. The lowest BCUT2D eigenvalue weighted by Crippen LogP contribution is -2.35. The molecule has 0 saturated heterocycles. The fourth-order valence-electron chi connectivity index (χ4n) is 2.30. The minimum atomic E-state index is -0.411. The molecule has 6 heteroatoms. The zero-order chi connectivity index (χ0) is 14.1. The summed E-state index contributed by atoms with van der Waals surface area (Å²) in [6.07, 6.45) is 0. The van der Waals surface area contributed by atoms with Crippen molar-refractivity contribution in [2.45, 2.75) is 12.6 Å². The van der Waals surface area contributed by atoms with E-state index in [1.165, 1.54) is 10.9 Å². The van der Waals surface area contributed by atoms with Crippen LogP contribution in [0.1, 0.15) is 16.5 Å². The number of guanidine groups is 1. The summed E-state index contributed by atoms with van der Waals surface area (Å²) < 4.78 is 13.6. The molecule has 2 aromatic rings. The van der Waals surface area contributed by atoms with Crippen LogP contribution in [0, 0.1) is 5.82 Å². The van der Waals surface area contributed by atoms with Gasteiger partial charge in [-0.25, -0.2) is 4.39 Å². The van der Waals surface area contributed by atoms with Crippen molar-refractivity contribution in [3.63, 3.8) is 0 Å². The van der Waals surface area contributed by atoms with Crippen LogP contribution < -0.4 is 5.73 Å². The summed E-state index contributed by atoms with van der Waals surface area (Å²) in [6.45, 7) is 1.22. The Hall–Kier alpha value is -1.59. The summed E-state index contributed by atoms with van der Waals surface area (Å²) in [6, 6.07) is 8.87. The molecule has 3 rings (SSSR count). The molecular formula is C14H13ClFN3S. The van der Waals surface area contributed by atoms with Crippen LogP contribution in [-0.2, 0) is 6.54 Å². The van der Waals surface area contributed by atoms with Gasteiger partial charge < -0.3 is 10.6 Å².